The number of hydrogen-bond donors (Lipinski definition) is 0. The van der Waals surface area contributed by atoms with Gasteiger partial charge in [0.1, 0.15) is 15.6 Å². The van der Waals surface area contributed by atoms with Gasteiger partial charge in [0.2, 0.25) is 0 Å². The van der Waals surface area contributed by atoms with E-state index in [0.29, 0.717) is 37.9 Å². The summed E-state index contributed by atoms with van der Waals surface area (Å²) in [7, 11) is 0. The summed E-state index contributed by atoms with van der Waals surface area (Å²) in [6, 6.07) is 19.3. The normalized spacial score (nSPS) is 15.8. The van der Waals surface area contributed by atoms with E-state index in [1.807, 2.05) is 39.0 Å². The number of pyridine rings is 2. The Bertz CT molecular complexity index is 2600. The van der Waals surface area contributed by atoms with Crippen LogP contribution in [-0.2, 0) is 37.8 Å². The van der Waals surface area contributed by atoms with Crippen molar-refractivity contribution < 1.29 is 44.0 Å². The summed E-state index contributed by atoms with van der Waals surface area (Å²) in [6.07, 6.45) is 3.33. The van der Waals surface area contributed by atoms with Crippen LogP contribution in [0.2, 0.25) is 0 Å². The molecule has 0 saturated carbocycles. The number of benzene rings is 3. The summed E-state index contributed by atoms with van der Waals surface area (Å²) in [5, 5.41) is 0.605. The third-order valence-corrected chi connectivity index (χ3v) is 8.21. The van der Waals surface area contributed by atoms with Crippen LogP contribution < -0.4 is 4.58 Å². The number of rotatable bonds is 4. The monoisotopic (exact) mass is 813 g/mol. The first-order chi connectivity index (χ1) is 24.6. The molecule has 47 heavy (non-hydrogen) atoms. The van der Waals surface area contributed by atoms with Gasteiger partial charge >= 0.3 is 27.1 Å². The summed E-state index contributed by atoms with van der Waals surface area (Å²) in [5.41, 5.74) is 0.495. The van der Waals surface area contributed by atoms with E-state index in [9.17, 15) is 0 Å². The van der Waals surface area contributed by atoms with Crippen molar-refractivity contribution in [3.63, 3.8) is 0 Å². The summed E-state index contributed by atoms with van der Waals surface area (Å²) in [6.45, 7) is 8.83. The van der Waals surface area contributed by atoms with E-state index in [2.05, 4.69) is 48.9 Å². The van der Waals surface area contributed by atoms with Gasteiger partial charge in [-0.1, -0.05) is 96.9 Å². The zero-order chi connectivity index (χ0) is 38.6. The Hall–Kier alpha value is -4.31. The van der Waals surface area contributed by atoms with Gasteiger partial charge in [0.05, 0.1) is 11.0 Å². The van der Waals surface area contributed by atoms with Crippen LogP contribution in [0.15, 0.2) is 85.1 Å². The molecular weight excluding hydrogens is 772 g/mol. The summed E-state index contributed by atoms with van der Waals surface area (Å²) >= 11 is 0. The van der Waals surface area contributed by atoms with Crippen molar-refractivity contribution in [3.8, 4) is 5.82 Å². The molecule has 4 heterocycles. The first-order valence-corrected chi connectivity index (χ1v) is 14.8. The van der Waals surface area contributed by atoms with Crippen LogP contribution in [0.25, 0.3) is 27.8 Å². The molecule has 3 aromatic carbocycles. The van der Waals surface area contributed by atoms with E-state index in [4.69, 9.17) is 9.60 Å². The minimum absolute atomic E-state index is 0. The minimum Gasteiger partial charge on any atom is -0.318 e. The standard InChI is InChI=1S/C39H35F2N5.Pt/c1-37(2,3)25-16-18-42-35(23-25)46-33-13-10-17-43-36(33)30-15-14-26(22-34(30)46)39(40,41)28-19-27(38(4,5)6)20-29(21-28)45-24-44(7)31-11-8-9-12-32(31)45;/h8-20,23H,1-7H3;/q;+2/i7D3,8D,9D,11D,12D;. The molecule has 5 nitrogen and oxygen atoms in total. The molecule has 0 bridgehead atoms. The van der Waals surface area contributed by atoms with E-state index >= 15 is 8.78 Å². The smallest absolute Gasteiger partial charge is 0.318 e. The van der Waals surface area contributed by atoms with Gasteiger partial charge in [0.15, 0.2) is 6.98 Å². The van der Waals surface area contributed by atoms with Gasteiger partial charge in [-0.2, -0.15) is 18.2 Å². The molecule has 0 fully saturated rings. The number of hydrogen-bond acceptors (Lipinski definition) is 2. The largest absolute Gasteiger partial charge is 2.00 e. The number of para-hydroxylation sites is 2. The first-order valence-electron chi connectivity index (χ1n) is 18.3. The van der Waals surface area contributed by atoms with Crippen molar-refractivity contribution in [2.45, 2.75) is 58.3 Å². The molecule has 0 unspecified atom stereocenters. The molecule has 1 aliphatic rings. The molecular formula is C39H35F2N5Pt+2. The van der Waals surface area contributed by atoms with E-state index in [-0.39, 0.29) is 43.5 Å². The van der Waals surface area contributed by atoms with Crippen LogP contribution in [0.5, 0.6) is 0 Å². The summed E-state index contributed by atoms with van der Waals surface area (Å²) < 4.78 is 95.7. The molecule has 0 spiro atoms. The van der Waals surface area contributed by atoms with Crippen molar-refractivity contribution in [3.05, 3.63) is 119 Å². The fraction of sp³-hybridized carbons (Fsp3) is 0.256. The fourth-order valence-electron chi connectivity index (χ4n) is 5.60. The predicted molar refractivity (Wildman–Crippen MR) is 180 cm³/mol. The van der Waals surface area contributed by atoms with Crippen LogP contribution in [0.3, 0.4) is 0 Å². The van der Waals surface area contributed by atoms with Gasteiger partial charge in [-0.05, 0) is 40.7 Å². The second-order valence-electron chi connectivity index (χ2n) is 13.5. The molecule has 1 aliphatic heterocycles. The minimum atomic E-state index is -3.71. The molecule has 7 rings (SSSR count). The maximum Gasteiger partial charge on any atom is 2.00 e. The Morgan fingerprint density at radius 2 is 1.60 bits per heavy atom. The zero-order valence-corrected chi connectivity index (χ0v) is 28.9. The zero-order valence-electron chi connectivity index (χ0n) is 33.6. The maximum atomic E-state index is 17.1. The van der Waals surface area contributed by atoms with Gasteiger partial charge < -0.3 is 4.57 Å². The summed E-state index contributed by atoms with van der Waals surface area (Å²) in [5.74, 6) is -3.19. The number of alkyl halides is 2. The SMILES string of the molecule is [2H]c1c([2H])c([2H])c2c(c1[2H])[N+](c1[c-]c(C(F)(F)c3[c-]c4c(cc3)c3ncccc3n4-c3cc(C(C)(C)C)ccn3)cc(C(C)(C)C)c1)=C=[N+]2C([2H])([2H])[2H].[Pt+2]. The van der Waals surface area contributed by atoms with Gasteiger partial charge in [0, 0.05) is 30.0 Å². The second-order valence-corrected chi connectivity index (χ2v) is 13.5. The third kappa shape index (κ3) is 5.56. The number of nitrogens with zero attached hydrogens (tertiary/aromatic N) is 5. The third-order valence-electron chi connectivity index (χ3n) is 8.21. The van der Waals surface area contributed by atoms with Crippen molar-refractivity contribution in [1.29, 1.82) is 0 Å². The molecule has 238 valence electrons. The van der Waals surface area contributed by atoms with Crippen molar-refractivity contribution in [1.82, 2.24) is 19.1 Å². The molecule has 0 N–H and O–H groups in total. The molecule has 6 aromatic rings. The molecule has 8 heteroatoms. The van der Waals surface area contributed by atoms with E-state index in [0.717, 1.165) is 10.1 Å². The van der Waals surface area contributed by atoms with Crippen molar-refractivity contribution in [2.24, 2.45) is 0 Å². The topological polar surface area (TPSA) is 36.7 Å². The van der Waals surface area contributed by atoms with E-state index in [1.54, 1.807) is 35.2 Å². The van der Waals surface area contributed by atoms with Crippen LogP contribution in [0.1, 0.15) is 73.4 Å². The molecule has 0 aliphatic carbocycles. The van der Waals surface area contributed by atoms with E-state index in [1.165, 1.54) is 12.1 Å². The fourth-order valence-corrected chi connectivity index (χ4v) is 5.60. The maximum absolute atomic E-state index is 17.1. The number of aromatic nitrogens is 3. The Morgan fingerprint density at radius 1 is 0.851 bits per heavy atom. The van der Waals surface area contributed by atoms with Gasteiger partial charge in [0.25, 0.3) is 17.3 Å². The second kappa shape index (κ2) is 11.4. The average Bonchev–Trinajstić information content (AvgIpc) is 3.66. The Morgan fingerprint density at radius 3 is 2.32 bits per heavy atom. The molecule has 0 amide bonds. The Balaban J connectivity index is 0.00000497. The Labute approximate surface area is 298 Å². The summed E-state index contributed by atoms with van der Waals surface area (Å²) in [4.78, 5) is 9.18. The molecule has 0 saturated heterocycles. The first kappa shape index (κ1) is 24.8. The van der Waals surface area contributed by atoms with Crippen molar-refractivity contribution in [2.75, 3.05) is 6.98 Å². The van der Waals surface area contributed by atoms with Crippen LogP contribution in [0, 0.1) is 12.1 Å². The van der Waals surface area contributed by atoms with Gasteiger partial charge in [-0.3, -0.25) is 4.98 Å². The Kier molecular flexibility index (Phi) is 6.04. The van der Waals surface area contributed by atoms with Crippen LogP contribution in [0.4, 0.5) is 25.8 Å². The van der Waals surface area contributed by atoms with Crippen LogP contribution >= 0.6 is 0 Å². The quantitative estimate of drug-likeness (QED) is 0.132. The number of halogens is 2. The molecule has 0 radical (unpaired) electrons. The van der Waals surface area contributed by atoms with Gasteiger partial charge in [-0.25, -0.2) is 13.8 Å². The molecule has 0 atom stereocenters. The predicted octanol–water partition coefficient (Wildman–Crippen LogP) is 9.20. The number of fused-ring (bicyclic) bond motifs is 4. The van der Waals surface area contributed by atoms with E-state index < -0.39 is 53.6 Å². The molecule has 3 aromatic heterocycles. The average molecular weight is 814 g/mol. The van der Waals surface area contributed by atoms with Crippen LogP contribution in [-0.4, -0.2) is 32.1 Å². The van der Waals surface area contributed by atoms with Gasteiger partial charge in [-0.15, -0.1) is 11.6 Å². The van der Waals surface area contributed by atoms with Crippen molar-refractivity contribution >= 4 is 45.0 Å².